The van der Waals surface area contributed by atoms with Crippen molar-refractivity contribution >= 4 is 6.29 Å². The van der Waals surface area contributed by atoms with Gasteiger partial charge in [-0.3, -0.25) is 4.79 Å². The molecule has 0 fully saturated rings. The Hall–Kier alpha value is 0.274. The van der Waals surface area contributed by atoms with E-state index in [0.717, 1.165) is 0 Å². The van der Waals surface area contributed by atoms with Crippen LogP contribution in [-0.4, -0.2) is 11.4 Å². The number of carbonyl (C=O) groups excluding carboxylic acids is 1. The van der Waals surface area contributed by atoms with Gasteiger partial charge in [0.1, 0.15) is 5.75 Å². The molecule has 1 rings (SSSR count). The van der Waals surface area contributed by atoms with E-state index in [1.807, 2.05) is 0 Å². The van der Waals surface area contributed by atoms with Gasteiger partial charge in [-0.2, -0.15) is 0 Å². The quantitative estimate of drug-likeness (QED) is 0.781. The first kappa shape index (κ1) is 10.3. The SMILES string of the molecule is O=Cc1ccccc1O.[Eu]. The van der Waals surface area contributed by atoms with Crippen molar-refractivity contribution in [1.29, 1.82) is 0 Å². The fourth-order valence-electron chi connectivity index (χ4n) is 0.587. The number of aldehydes is 1. The Morgan fingerprint density at radius 2 is 1.90 bits per heavy atom. The van der Waals surface area contributed by atoms with Crippen LogP contribution in [0.4, 0.5) is 0 Å². The average molecular weight is 274 g/mol. The number of carbonyl (C=O) groups is 1. The van der Waals surface area contributed by atoms with Crippen molar-refractivity contribution in [3.05, 3.63) is 29.8 Å². The summed E-state index contributed by atoms with van der Waals surface area (Å²) in [5.74, 6) is 0.0347. The fraction of sp³-hybridized carbons (Fsp3) is 0. The minimum Gasteiger partial charge on any atom is -0.507 e. The number of rotatable bonds is 1. The van der Waals surface area contributed by atoms with Gasteiger partial charge in [0.25, 0.3) is 0 Å². The third-order valence-electron chi connectivity index (χ3n) is 1.06. The second kappa shape index (κ2) is 5.00. The molecule has 1 aromatic carbocycles. The van der Waals surface area contributed by atoms with Crippen molar-refractivity contribution in [2.45, 2.75) is 0 Å². The Labute approximate surface area is 99.8 Å². The van der Waals surface area contributed by atoms with Crippen LogP contribution < -0.4 is 0 Å². The molecule has 3 heteroatoms. The molecule has 2 nitrogen and oxygen atoms in total. The summed E-state index contributed by atoms with van der Waals surface area (Å²) in [6.45, 7) is 0. The van der Waals surface area contributed by atoms with Gasteiger partial charge in [0.15, 0.2) is 6.29 Å². The first-order valence-electron chi connectivity index (χ1n) is 2.58. The van der Waals surface area contributed by atoms with Crippen LogP contribution in [0.25, 0.3) is 0 Å². The number of aromatic hydroxyl groups is 1. The van der Waals surface area contributed by atoms with Crippen molar-refractivity contribution in [2.24, 2.45) is 0 Å². The van der Waals surface area contributed by atoms with Crippen LogP contribution in [0.5, 0.6) is 5.75 Å². The summed E-state index contributed by atoms with van der Waals surface area (Å²) in [6, 6.07) is 6.40. The van der Waals surface area contributed by atoms with E-state index >= 15 is 0 Å². The van der Waals surface area contributed by atoms with Gasteiger partial charge in [0.2, 0.25) is 0 Å². The Kier molecular flexibility index (Phi) is 5.13. The van der Waals surface area contributed by atoms with Gasteiger partial charge in [-0.1, -0.05) is 12.1 Å². The van der Waals surface area contributed by atoms with E-state index < -0.39 is 0 Å². The summed E-state index contributed by atoms with van der Waals surface area (Å²) in [5.41, 5.74) is 0.331. The van der Waals surface area contributed by atoms with Crippen LogP contribution in [-0.2, 0) is 0 Å². The van der Waals surface area contributed by atoms with E-state index in [2.05, 4.69) is 0 Å². The monoisotopic (exact) mass is 275 g/mol. The topological polar surface area (TPSA) is 37.3 Å². The smallest absolute Gasteiger partial charge is 0.153 e. The van der Waals surface area contributed by atoms with E-state index in [1.54, 1.807) is 18.2 Å². The molecule has 0 saturated carbocycles. The second-order valence-corrected chi connectivity index (χ2v) is 1.68. The first-order valence-corrected chi connectivity index (χ1v) is 2.58. The van der Waals surface area contributed by atoms with Crippen molar-refractivity contribution in [3.8, 4) is 5.75 Å². The normalized spacial score (nSPS) is 8.00. The summed E-state index contributed by atoms with van der Waals surface area (Å²) >= 11 is 0. The van der Waals surface area contributed by atoms with E-state index in [1.165, 1.54) is 6.07 Å². The zero-order valence-corrected chi connectivity index (χ0v) is 7.55. The molecule has 0 saturated heterocycles. The van der Waals surface area contributed by atoms with Crippen molar-refractivity contribution in [3.63, 3.8) is 0 Å². The molecule has 0 heterocycles. The first-order chi connectivity index (χ1) is 4.34. The molecule has 0 aliphatic carbocycles. The number of phenolic OH excluding ortho intramolecular Hbond substituents is 1. The Morgan fingerprint density at radius 1 is 1.30 bits per heavy atom. The van der Waals surface area contributed by atoms with Crippen molar-refractivity contribution < 1.29 is 59.3 Å². The zero-order chi connectivity index (χ0) is 6.69. The minimum atomic E-state index is 0. The molecule has 0 aliphatic heterocycles. The number of phenols is 1. The number of hydrogen-bond acceptors (Lipinski definition) is 2. The predicted octanol–water partition coefficient (Wildman–Crippen LogP) is 1.20. The van der Waals surface area contributed by atoms with Crippen molar-refractivity contribution in [2.75, 3.05) is 0 Å². The van der Waals surface area contributed by atoms with Crippen LogP contribution in [0.1, 0.15) is 10.4 Å². The van der Waals surface area contributed by atoms with Crippen LogP contribution in [0.15, 0.2) is 24.3 Å². The minimum absolute atomic E-state index is 0. The fourth-order valence-corrected chi connectivity index (χ4v) is 0.587. The summed E-state index contributed by atoms with van der Waals surface area (Å²) in [5, 5.41) is 8.88. The van der Waals surface area contributed by atoms with Gasteiger partial charge < -0.3 is 5.11 Å². The zero-order valence-electron chi connectivity index (χ0n) is 5.12. The van der Waals surface area contributed by atoms with E-state index in [-0.39, 0.29) is 55.1 Å². The standard InChI is InChI=1S/C7H6O2.Eu/c8-5-6-3-1-2-4-7(6)9;/h1-5,9H;. The van der Waals surface area contributed by atoms with E-state index in [0.29, 0.717) is 11.8 Å². The second-order valence-electron chi connectivity index (χ2n) is 1.68. The van der Waals surface area contributed by atoms with E-state index in [9.17, 15) is 4.79 Å². The third kappa shape index (κ3) is 2.48. The maximum Gasteiger partial charge on any atom is 0.153 e. The van der Waals surface area contributed by atoms with Gasteiger partial charge in [0.05, 0.1) is 5.56 Å². The van der Waals surface area contributed by atoms with Crippen molar-refractivity contribution in [1.82, 2.24) is 0 Å². The molecule has 0 amide bonds. The molecule has 0 bridgehead atoms. The maximum absolute atomic E-state index is 10.1. The predicted molar refractivity (Wildman–Crippen MR) is 33.5 cm³/mol. The summed E-state index contributed by atoms with van der Waals surface area (Å²) < 4.78 is 0. The Morgan fingerprint density at radius 3 is 2.30 bits per heavy atom. The Bertz CT molecular complexity index is 223. The van der Waals surface area contributed by atoms with Gasteiger partial charge in [-0.25, -0.2) is 0 Å². The molecule has 1 aromatic rings. The summed E-state index contributed by atoms with van der Waals surface area (Å²) in [7, 11) is 0. The summed E-state index contributed by atoms with van der Waals surface area (Å²) in [4.78, 5) is 10.1. The number of benzene rings is 1. The van der Waals surface area contributed by atoms with Gasteiger partial charge >= 0.3 is 0 Å². The molecule has 1 N–H and O–H groups in total. The Balaban J connectivity index is 0.000000810. The van der Waals surface area contributed by atoms with E-state index in [4.69, 9.17) is 5.11 Å². The molecular weight excluding hydrogens is 268 g/mol. The molecule has 0 spiro atoms. The molecule has 10 heavy (non-hydrogen) atoms. The van der Waals surface area contributed by atoms with Crippen LogP contribution in [0, 0.1) is 49.4 Å². The molecular formula is C7H6EuO2. The number of hydrogen-bond donors (Lipinski definition) is 1. The summed E-state index contributed by atoms with van der Waals surface area (Å²) in [6.07, 6.45) is 0.620. The molecule has 1 radical (unpaired) electrons. The number of para-hydroxylation sites is 1. The molecule has 53 valence electrons. The van der Waals surface area contributed by atoms with Gasteiger partial charge in [-0.05, 0) is 12.1 Å². The van der Waals surface area contributed by atoms with Crippen LogP contribution in [0.3, 0.4) is 0 Å². The average Bonchev–Trinajstić information content (AvgIpc) is 1.89. The third-order valence-corrected chi connectivity index (χ3v) is 1.06. The molecule has 0 unspecified atom stereocenters. The maximum atomic E-state index is 10.1. The largest absolute Gasteiger partial charge is 0.507 e. The van der Waals surface area contributed by atoms with Gasteiger partial charge in [0, 0.05) is 49.4 Å². The van der Waals surface area contributed by atoms with Crippen LogP contribution >= 0.6 is 0 Å². The molecule has 0 atom stereocenters. The molecule has 0 aliphatic rings. The van der Waals surface area contributed by atoms with Gasteiger partial charge in [-0.15, -0.1) is 0 Å². The molecule has 0 aromatic heterocycles. The van der Waals surface area contributed by atoms with Crippen LogP contribution in [0.2, 0.25) is 0 Å².